The number of aliphatic hydroxyl groups excluding tert-OH is 1. The van der Waals surface area contributed by atoms with Crippen LogP contribution in [0.1, 0.15) is 29.2 Å². The van der Waals surface area contributed by atoms with Crippen molar-refractivity contribution >= 4 is 0 Å². The van der Waals surface area contributed by atoms with E-state index in [-0.39, 0.29) is 12.6 Å². The van der Waals surface area contributed by atoms with Crippen molar-refractivity contribution in [2.45, 2.75) is 25.3 Å². The first kappa shape index (κ1) is 12.4. The van der Waals surface area contributed by atoms with Crippen molar-refractivity contribution in [1.29, 1.82) is 0 Å². The van der Waals surface area contributed by atoms with Gasteiger partial charge in [0.25, 0.3) is 0 Å². The van der Waals surface area contributed by atoms with Gasteiger partial charge in [0, 0.05) is 0 Å². The topological polar surface area (TPSA) is 46.2 Å². The van der Waals surface area contributed by atoms with Gasteiger partial charge < -0.3 is 10.8 Å². The molecule has 2 heteroatoms. The summed E-state index contributed by atoms with van der Waals surface area (Å²) in [4.78, 5) is 0. The van der Waals surface area contributed by atoms with Crippen LogP contribution >= 0.6 is 0 Å². The lowest BCUT2D eigenvalue weighted by atomic mass is 9.95. The molecule has 0 saturated heterocycles. The lowest BCUT2D eigenvalue weighted by Gasteiger charge is -2.12. The maximum absolute atomic E-state index is 9.08. The fourth-order valence-corrected chi connectivity index (χ4v) is 2.91. The van der Waals surface area contributed by atoms with Crippen LogP contribution in [0.2, 0.25) is 0 Å². The zero-order chi connectivity index (χ0) is 13.2. The van der Waals surface area contributed by atoms with Crippen molar-refractivity contribution in [3.8, 4) is 11.1 Å². The lowest BCUT2D eigenvalue weighted by Crippen LogP contribution is -2.14. The van der Waals surface area contributed by atoms with E-state index in [1.807, 2.05) is 12.1 Å². The van der Waals surface area contributed by atoms with E-state index >= 15 is 0 Å². The van der Waals surface area contributed by atoms with E-state index < -0.39 is 0 Å². The number of fused-ring (bicyclic) bond motifs is 1. The average molecular weight is 253 g/mol. The second-order valence-corrected chi connectivity index (χ2v) is 5.21. The Labute approximate surface area is 113 Å². The van der Waals surface area contributed by atoms with Crippen LogP contribution in [0.3, 0.4) is 0 Å². The van der Waals surface area contributed by atoms with Crippen LogP contribution in [0.4, 0.5) is 0 Å². The van der Waals surface area contributed by atoms with Gasteiger partial charge >= 0.3 is 0 Å². The zero-order valence-electron chi connectivity index (χ0n) is 11.0. The predicted molar refractivity (Wildman–Crippen MR) is 77.9 cm³/mol. The van der Waals surface area contributed by atoms with E-state index in [4.69, 9.17) is 10.8 Å². The molecule has 0 saturated carbocycles. The molecule has 0 aromatic heterocycles. The molecular formula is C17H19NO. The summed E-state index contributed by atoms with van der Waals surface area (Å²) in [7, 11) is 0. The van der Waals surface area contributed by atoms with Gasteiger partial charge in [-0.05, 0) is 47.1 Å². The van der Waals surface area contributed by atoms with Gasteiger partial charge in [-0.15, -0.1) is 0 Å². The molecule has 0 amide bonds. The van der Waals surface area contributed by atoms with E-state index in [0.717, 1.165) is 5.56 Å². The summed E-state index contributed by atoms with van der Waals surface area (Å²) in [5, 5.41) is 9.08. The molecule has 3 N–H and O–H groups in total. The highest BCUT2D eigenvalue weighted by Gasteiger charge is 2.15. The quantitative estimate of drug-likeness (QED) is 0.883. The zero-order valence-corrected chi connectivity index (χ0v) is 11.0. The molecular weight excluding hydrogens is 234 g/mol. The molecule has 0 fully saturated rings. The highest BCUT2D eigenvalue weighted by atomic mass is 16.3. The van der Waals surface area contributed by atoms with Crippen molar-refractivity contribution < 1.29 is 5.11 Å². The minimum atomic E-state index is -0.282. The molecule has 2 aromatic carbocycles. The maximum Gasteiger partial charge on any atom is 0.0624 e. The van der Waals surface area contributed by atoms with Gasteiger partial charge in [0.15, 0.2) is 0 Å². The number of aliphatic hydroxyl groups is 1. The lowest BCUT2D eigenvalue weighted by molar-refractivity contribution is 0.268. The third-order valence-electron chi connectivity index (χ3n) is 3.99. The molecule has 0 heterocycles. The molecule has 1 atom stereocenters. The van der Waals surface area contributed by atoms with E-state index in [0.29, 0.717) is 0 Å². The van der Waals surface area contributed by atoms with Gasteiger partial charge in [-0.3, -0.25) is 0 Å². The normalized spacial score (nSPS) is 15.3. The van der Waals surface area contributed by atoms with Crippen molar-refractivity contribution in [3.05, 3.63) is 59.2 Å². The highest BCUT2D eigenvalue weighted by Crippen LogP contribution is 2.32. The Hall–Kier alpha value is -1.64. The maximum atomic E-state index is 9.08. The fourth-order valence-electron chi connectivity index (χ4n) is 2.91. The van der Waals surface area contributed by atoms with Crippen LogP contribution in [0.5, 0.6) is 0 Å². The molecule has 1 aliphatic carbocycles. The summed E-state index contributed by atoms with van der Waals surface area (Å²) in [6.45, 7) is -0.0138. The van der Waals surface area contributed by atoms with Gasteiger partial charge in [-0.2, -0.15) is 0 Å². The van der Waals surface area contributed by atoms with Crippen LogP contribution < -0.4 is 5.73 Å². The van der Waals surface area contributed by atoms with Crippen LogP contribution in [0, 0.1) is 0 Å². The number of aryl methyl sites for hydroxylation is 1. The Morgan fingerprint density at radius 3 is 2.58 bits per heavy atom. The molecule has 0 unspecified atom stereocenters. The third kappa shape index (κ3) is 2.29. The van der Waals surface area contributed by atoms with Gasteiger partial charge in [0.05, 0.1) is 12.6 Å². The number of nitrogens with two attached hydrogens (primary N) is 1. The number of benzene rings is 2. The largest absolute Gasteiger partial charge is 0.394 e. The number of hydrogen-bond donors (Lipinski definition) is 2. The van der Waals surface area contributed by atoms with Crippen molar-refractivity contribution in [3.63, 3.8) is 0 Å². The van der Waals surface area contributed by atoms with Gasteiger partial charge in [0.2, 0.25) is 0 Å². The van der Waals surface area contributed by atoms with Crippen LogP contribution in [0.25, 0.3) is 11.1 Å². The molecule has 3 rings (SSSR count). The molecule has 2 nitrogen and oxygen atoms in total. The van der Waals surface area contributed by atoms with E-state index in [2.05, 4.69) is 30.3 Å². The molecule has 0 aliphatic heterocycles. The Morgan fingerprint density at radius 2 is 1.84 bits per heavy atom. The van der Waals surface area contributed by atoms with Crippen LogP contribution in [-0.2, 0) is 12.8 Å². The number of rotatable bonds is 3. The van der Waals surface area contributed by atoms with E-state index in [1.54, 1.807) is 0 Å². The molecule has 98 valence electrons. The summed E-state index contributed by atoms with van der Waals surface area (Å²) < 4.78 is 0. The smallest absolute Gasteiger partial charge is 0.0624 e. The first-order chi connectivity index (χ1) is 9.29. The van der Waals surface area contributed by atoms with Gasteiger partial charge in [-0.1, -0.05) is 42.5 Å². The average Bonchev–Trinajstić information content (AvgIpc) is 2.95. The highest BCUT2D eigenvalue weighted by molar-refractivity contribution is 5.69. The van der Waals surface area contributed by atoms with Crippen molar-refractivity contribution in [1.82, 2.24) is 0 Å². The second-order valence-electron chi connectivity index (χ2n) is 5.21. The molecule has 19 heavy (non-hydrogen) atoms. The van der Waals surface area contributed by atoms with Crippen molar-refractivity contribution in [2.24, 2.45) is 5.73 Å². The molecule has 0 bridgehead atoms. The summed E-state index contributed by atoms with van der Waals surface area (Å²) in [5.41, 5.74) is 12.4. The monoisotopic (exact) mass is 253 g/mol. The Bertz CT molecular complexity index is 574. The standard InChI is InChI=1S/C17H19NO/c18-17(11-19)14-9-7-13(8-10-14)16-6-2-4-12-3-1-5-15(12)16/h2,4,6-10,17,19H,1,3,5,11,18H2/t17-/m0/s1. The summed E-state index contributed by atoms with van der Waals surface area (Å²) in [6.07, 6.45) is 3.65. The SMILES string of the molecule is N[C@@H](CO)c1ccc(-c2cccc3c2CCC3)cc1. The van der Waals surface area contributed by atoms with Gasteiger partial charge in [0.1, 0.15) is 0 Å². The van der Waals surface area contributed by atoms with Crippen LogP contribution in [0.15, 0.2) is 42.5 Å². The van der Waals surface area contributed by atoms with Crippen LogP contribution in [-0.4, -0.2) is 11.7 Å². The van der Waals surface area contributed by atoms with Gasteiger partial charge in [-0.25, -0.2) is 0 Å². The molecule has 2 aromatic rings. The molecule has 1 aliphatic rings. The van der Waals surface area contributed by atoms with E-state index in [1.165, 1.54) is 41.5 Å². The minimum absolute atomic E-state index is 0.0138. The third-order valence-corrected chi connectivity index (χ3v) is 3.99. The fraction of sp³-hybridized carbons (Fsp3) is 0.294. The Balaban J connectivity index is 1.97. The summed E-state index contributed by atoms with van der Waals surface area (Å²) in [5.74, 6) is 0. The molecule has 0 radical (unpaired) electrons. The minimum Gasteiger partial charge on any atom is -0.394 e. The second kappa shape index (κ2) is 5.16. The molecule has 0 spiro atoms. The summed E-state index contributed by atoms with van der Waals surface area (Å²) in [6, 6.07) is 14.6. The Kier molecular flexibility index (Phi) is 3.36. The first-order valence-corrected chi connectivity index (χ1v) is 6.87. The predicted octanol–water partition coefficient (Wildman–Crippen LogP) is 2.83. The number of hydrogen-bond acceptors (Lipinski definition) is 2. The Morgan fingerprint density at radius 1 is 1.05 bits per heavy atom. The van der Waals surface area contributed by atoms with Crippen molar-refractivity contribution in [2.75, 3.05) is 6.61 Å². The first-order valence-electron chi connectivity index (χ1n) is 6.87. The van der Waals surface area contributed by atoms with E-state index in [9.17, 15) is 0 Å². The summed E-state index contributed by atoms with van der Waals surface area (Å²) >= 11 is 0.